The Hall–Kier alpha value is -0.552. The number of nitrogens with zero attached hydrogens (tertiary/aromatic N) is 1. The first-order valence-corrected chi connectivity index (χ1v) is 5.38. The van der Waals surface area contributed by atoms with Crippen LogP contribution in [0.5, 0.6) is 0 Å². The summed E-state index contributed by atoms with van der Waals surface area (Å²) in [5, 5.41) is 1.31. The minimum Gasteiger partial charge on any atom is -0.358 e. The second kappa shape index (κ2) is 12.5. The van der Waals surface area contributed by atoms with Gasteiger partial charge in [0.1, 0.15) is 0 Å². The number of aromatic nitrogens is 1. The van der Waals surface area contributed by atoms with Gasteiger partial charge in [0.05, 0.1) is 0 Å². The van der Waals surface area contributed by atoms with Crippen LogP contribution in [0.25, 0.3) is 10.9 Å². The van der Waals surface area contributed by atoms with Crippen LogP contribution >= 0.6 is 0 Å². The molecule has 1 heterocycles. The summed E-state index contributed by atoms with van der Waals surface area (Å²) in [6, 6.07) is 10.5. The van der Waals surface area contributed by atoms with Gasteiger partial charge in [0.15, 0.2) is 0 Å². The second-order valence-electron chi connectivity index (χ2n) is 2.49. The Bertz CT molecular complexity index is 352. The maximum Gasteiger partial charge on any atom is 0.0477 e. The normalized spacial score (nSPS) is 7.31. The van der Waals surface area contributed by atoms with Crippen molar-refractivity contribution in [2.24, 2.45) is 7.05 Å². The number of rotatable bonds is 0. The average Bonchev–Trinajstić information content (AvgIpc) is 2.67. The number of benzene rings is 1. The molecule has 2 rings (SSSR count). The van der Waals surface area contributed by atoms with Crippen LogP contribution in [0.2, 0.25) is 0 Å². The zero-order chi connectivity index (χ0) is 11.0. The maximum absolute atomic E-state index is 2.12. The minimum atomic E-state index is 0. The molecule has 92 valence electrons. The molecule has 2 aromatic rings. The van der Waals surface area contributed by atoms with Crippen molar-refractivity contribution in [1.82, 2.24) is 4.57 Å². The van der Waals surface area contributed by atoms with E-state index in [1.165, 1.54) is 10.9 Å². The topological polar surface area (TPSA) is 4.93 Å². The number of fused-ring (bicyclic) bond motifs is 1. The fourth-order valence-corrected chi connectivity index (χ4v) is 1.22. The summed E-state index contributed by atoms with van der Waals surface area (Å²) in [6.07, 6.45) is 2.07. The monoisotopic (exact) mass is 390 g/mol. The van der Waals surface area contributed by atoms with Crippen LogP contribution in [0.1, 0.15) is 27.7 Å². The summed E-state index contributed by atoms with van der Waals surface area (Å²) in [5.74, 6) is 0. The molecule has 0 amide bonds. The summed E-state index contributed by atoms with van der Waals surface area (Å²) < 4.78 is 2.12. The predicted molar refractivity (Wildman–Crippen MR) is 72.0 cm³/mol. The van der Waals surface area contributed by atoms with Crippen LogP contribution in [-0.2, 0) is 28.1 Å². The Kier molecular flexibility index (Phi) is 16.3. The molecule has 0 N–H and O–H groups in total. The third-order valence-corrected chi connectivity index (χ3v) is 1.79. The molecular formula is C14H24NW-. The summed E-state index contributed by atoms with van der Waals surface area (Å²) >= 11 is 0. The van der Waals surface area contributed by atoms with Crippen molar-refractivity contribution in [3.8, 4) is 0 Å². The van der Waals surface area contributed by atoms with Crippen LogP contribution in [0.4, 0.5) is 0 Å². The molecule has 0 saturated heterocycles. The second-order valence-corrected chi connectivity index (χ2v) is 2.49. The predicted octanol–water partition coefficient (Wildman–Crippen LogP) is 4.68. The van der Waals surface area contributed by atoms with Crippen LogP contribution in [0.3, 0.4) is 0 Å². The molecule has 0 aliphatic carbocycles. The smallest absolute Gasteiger partial charge is 0.0477 e. The fourth-order valence-electron chi connectivity index (χ4n) is 1.22. The van der Waals surface area contributed by atoms with Crippen molar-refractivity contribution in [1.29, 1.82) is 0 Å². The SMILES string of the molecule is CC.CC.Cn1ccc2ccccc21.[CH3-].[W]. The van der Waals surface area contributed by atoms with Crippen LogP contribution < -0.4 is 0 Å². The Morgan fingerprint density at radius 3 is 1.88 bits per heavy atom. The van der Waals surface area contributed by atoms with Gasteiger partial charge in [-0.2, -0.15) is 0 Å². The molecule has 0 aliphatic rings. The molecule has 2 heteroatoms. The molecule has 0 aliphatic heterocycles. The zero-order valence-electron chi connectivity index (χ0n) is 11.3. The number of para-hydroxylation sites is 1. The van der Waals surface area contributed by atoms with Gasteiger partial charge in [0.25, 0.3) is 0 Å². The van der Waals surface area contributed by atoms with E-state index in [1.54, 1.807) is 0 Å². The van der Waals surface area contributed by atoms with E-state index in [1.807, 2.05) is 27.7 Å². The first-order valence-electron chi connectivity index (χ1n) is 5.38. The van der Waals surface area contributed by atoms with E-state index in [0.29, 0.717) is 0 Å². The molecule has 1 aromatic carbocycles. The Morgan fingerprint density at radius 1 is 0.875 bits per heavy atom. The van der Waals surface area contributed by atoms with Gasteiger partial charge >= 0.3 is 0 Å². The van der Waals surface area contributed by atoms with E-state index in [4.69, 9.17) is 0 Å². The summed E-state index contributed by atoms with van der Waals surface area (Å²) in [5.41, 5.74) is 1.29. The van der Waals surface area contributed by atoms with E-state index < -0.39 is 0 Å². The molecular weight excluding hydrogens is 366 g/mol. The fraction of sp³-hybridized carbons (Fsp3) is 0.357. The van der Waals surface area contributed by atoms with Crippen molar-refractivity contribution >= 4 is 10.9 Å². The maximum atomic E-state index is 2.12. The molecule has 0 saturated carbocycles. The van der Waals surface area contributed by atoms with E-state index in [0.717, 1.165) is 0 Å². The molecule has 0 bridgehead atoms. The molecule has 0 fully saturated rings. The third-order valence-electron chi connectivity index (χ3n) is 1.79. The molecule has 16 heavy (non-hydrogen) atoms. The molecule has 1 aromatic heterocycles. The summed E-state index contributed by atoms with van der Waals surface area (Å²) in [4.78, 5) is 0. The van der Waals surface area contributed by atoms with Gasteiger partial charge < -0.3 is 12.0 Å². The number of hydrogen-bond acceptors (Lipinski definition) is 0. The largest absolute Gasteiger partial charge is 0.358 e. The van der Waals surface area contributed by atoms with Gasteiger partial charge in [-0.25, -0.2) is 0 Å². The van der Waals surface area contributed by atoms with Gasteiger partial charge in [0, 0.05) is 39.8 Å². The standard InChI is InChI=1S/C9H9N.2C2H6.CH3.W/c1-10-7-6-8-4-2-3-5-9(8)10;2*1-2;;/h2-7H,1H3;2*1-2H3;1H3;/q;;;-1;. The van der Waals surface area contributed by atoms with Crippen molar-refractivity contribution in [2.75, 3.05) is 0 Å². The van der Waals surface area contributed by atoms with Crippen LogP contribution in [0.15, 0.2) is 36.5 Å². The first-order chi connectivity index (χ1) is 6.88. The zero-order valence-corrected chi connectivity index (χ0v) is 14.3. The van der Waals surface area contributed by atoms with Gasteiger partial charge in [-0.15, -0.1) is 0 Å². The number of aryl methyl sites for hydroxylation is 1. The van der Waals surface area contributed by atoms with Crippen molar-refractivity contribution in [2.45, 2.75) is 27.7 Å². The Balaban J connectivity index is -0.000000257. The Labute approximate surface area is 115 Å². The summed E-state index contributed by atoms with van der Waals surface area (Å²) in [6.45, 7) is 8.00. The van der Waals surface area contributed by atoms with Crippen LogP contribution in [-0.4, -0.2) is 4.57 Å². The molecule has 0 radical (unpaired) electrons. The Morgan fingerprint density at radius 2 is 1.38 bits per heavy atom. The molecule has 1 nitrogen and oxygen atoms in total. The van der Waals surface area contributed by atoms with Gasteiger partial charge in [-0.05, 0) is 17.5 Å². The van der Waals surface area contributed by atoms with Crippen molar-refractivity contribution in [3.05, 3.63) is 44.0 Å². The molecule has 0 unspecified atom stereocenters. The van der Waals surface area contributed by atoms with Crippen molar-refractivity contribution in [3.63, 3.8) is 0 Å². The van der Waals surface area contributed by atoms with Gasteiger partial charge in [-0.1, -0.05) is 45.9 Å². The molecule has 0 atom stereocenters. The van der Waals surface area contributed by atoms with Gasteiger partial charge in [-0.3, -0.25) is 0 Å². The summed E-state index contributed by atoms with van der Waals surface area (Å²) in [7, 11) is 2.06. The van der Waals surface area contributed by atoms with Gasteiger partial charge in [0.2, 0.25) is 0 Å². The van der Waals surface area contributed by atoms with Crippen molar-refractivity contribution < 1.29 is 21.1 Å². The molecule has 0 spiro atoms. The first kappa shape index (κ1) is 20.8. The minimum absolute atomic E-state index is 0. The van der Waals surface area contributed by atoms with E-state index >= 15 is 0 Å². The van der Waals surface area contributed by atoms with E-state index in [2.05, 4.69) is 48.1 Å². The quantitative estimate of drug-likeness (QED) is 0.576. The van der Waals surface area contributed by atoms with Crippen LogP contribution in [0, 0.1) is 7.43 Å². The number of hydrogen-bond donors (Lipinski definition) is 0. The average molecular weight is 390 g/mol. The third kappa shape index (κ3) is 5.51. The van der Waals surface area contributed by atoms with E-state index in [-0.39, 0.29) is 28.5 Å². The van der Waals surface area contributed by atoms with E-state index in [9.17, 15) is 0 Å².